The highest BCUT2D eigenvalue weighted by Crippen LogP contribution is 2.22. The van der Waals surface area contributed by atoms with Gasteiger partial charge in [-0.2, -0.15) is 5.10 Å². The van der Waals surface area contributed by atoms with Gasteiger partial charge in [0.25, 0.3) is 10.0 Å². The molecule has 1 aromatic heterocycles. The van der Waals surface area contributed by atoms with Gasteiger partial charge in [-0.05, 0) is 30.7 Å². The first kappa shape index (κ1) is 20.4. The lowest BCUT2D eigenvalue weighted by Gasteiger charge is -2.19. The summed E-state index contributed by atoms with van der Waals surface area (Å²) in [6.45, 7) is 4.13. The Kier molecular flexibility index (Phi) is 5.71. The van der Waals surface area contributed by atoms with Crippen molar-refractivity contribution in [3.05, 3.63) is 47.4 Å². The molecule has 0 aliphatic carbocycles. The predicted octanol–water partition coefficient (Wildman–Crippen LogP) is 0.814. The van der Waals surface area contributed by atoms with Crippen LogP contribution in [0.15, 0.2) is 35.4 Å². The number of hydrogen-bond acceptors (Lipinski definition) is 6. The lowest BCUT2D eigenvalue weighted by Crippen LogP contribution is -2.41. The van der Waals surface area contributed by atoms with E-state index < -0.39 is 16.1 Å². The van der Waals surface area contributed by atoms with Gasteiger partial charge in [0.15, 0.2) is 5.03 Å². The molecule has 0 amide bonds. The van der Waals surface area contributed by atoms with E-state index in [0.717, 1.165) is 5.56 Å². The second-order valence-corrected chi connectivity index (χ2v) is 9.29. The Morgan fingerprint density at radius 3 is 2.48 bits per heavy atom. The molecule has 158 valence electrons. The minimum atomic E-state index is -3.72. The third-order valence-corrected chi connectivity index (χ3v) is 6.74. The maximum absolute atomic E-state index is 13.4. The van der Waals surface area contributed by atoms with E-state index in [-0.39, 0.29) is 36.3 Å². The molecule has 10 heteroatoms. The Bertz CT molecular complexity index is 964. The van der Waals surface area contributed by atoms with E-state index in [4.69, 9.17) is 9.47 Å². The predicted molar refractivity (Wildman–Crippen MR) is 103 cm³/mol. The molecule has 2 fully saturated rings. The summed E-state index contributed by atoms with van der Waals surface area (Å²) in [5, 5.41) is 4.20. The zero-order chi connectivity index (χ0) is 20.6. The number of hydrogen-bond donors (Lipinski definition) is 1. The highest BCUT2D eigenvalue weighted by molar-refractivity contribution is 7.89. The molecule has 0 radical (unpaired) electrons. The number of aromatic nitrogens is 2. The highest BCUT2D eigenvalue weighted by atomic mass is 32.2. The number of fused-ring (bicyclic) bond motifs is 1. The monoisotopic (exact) mass is 424 g/mol. The quantitative estimate of drug-likeness (QED) is 0.765. The van der Waals surface area contributed by atoms with Crippen molar-refractivity contribution in [2.24, 2.45) is 7.05 Å². The summed E-state index contributed by atoms with van der Waals surface area (Å²) in [6, 6.07) is 7.60. The summed E-state index contributed by atoms with van der Waals surface area (Å²) in [7, 11) is -2.12. The highest BCUT2D eigenvalue weighted by Gasteiger charge is 2.38. The third-order valence-electron chi connectivity index (χ3n) is 5.17. The molecule has 3 heterocycles. The molecule has 0 unspecified atom stereocenters. The largest absolute Gasteiger partial charge is 0.372 e. The van der Waals surface area contributed by atoms with Crippen LogP contribution >= 0.6 is 0 Å². The average molecular weight is 424 g/mol. The van der Waals surface area contributed by atoms with Gasteiger partial charge in [-0.1, -0.05) is 12.1 Å². The van der Waals surface area contributed by atoms with Crippen LogP contribution in [0.1, 0.15) is 11.3 Å². The molecule has 0 spiro atoms. The maximum Gasteiger partial charge on any atom is 0.258 e. The number of rotatable bonds is 5. The summed E-state index contributed by atoms with van der Waals surface area (Å²) in [4.78, 5) is 2.16. The van der Waals surface area contributed by atoms with Crippen molar-refractivity contribution < 1.29 is 22.3 Å². The van der Waals surface area contributed by atoms with E-state index in [2.05, 4.69) is 14.7 Å². The van der Waals surface area contributed by atoms with E-state index in [1.54, 1.807) is 20.0 Å². The molecular weight excluding hydrogens is 399 g/mol. The number of aryl methyl sites for hydroxylation is 2. The second kappa shape index (κ2) is 8.11. The molecule has 2 aliphatic rings. The van der Waals surface area contributed by atoms with Gasteiger partial charge in [0.1, 0.15) is 5.82 Å². The van der Waals surface area contributed by atoms with Gasteiger partial charge >= 0.3 is 0 Å². The van der Waals surface area contributed by atoms with E-state index in [0.29, 0.717) is 25.3 Å². The smallest absolute Gasteiger partial charge is 0.258 e. The zero-order valence-corrected chi connectivity index (χ0v) is 17.2. The van der Waals surface area contributed by atoms with Crippen LogP contribution in [0.2, 0.25) is 0 Å². The van der Waals surface area contributed by atoms with Crippen molar-refractivity contribution in [1.82, 2.24) is 19.4 Å². The third kappa shape index (κ3) is 4.67. The van der Waals surface area contributed by atoms with Gasteiger partial charge < -0.3 is 9.47 Å². The number of nitrogens with zero attached hydrogens (tertiary/aromatic N) is 3. The van der Waals surface area contributed by atoms with E-state index in [1.807, 2.05) is 6.07 Å². The lowest BCUT2D eigenvalue weighted by atomic mass is 10.2. The molecule has 1 aromatic carbocycles. The van der Waals surface area contributed by atoms with Crippen LogP contribution in [0.4, 0.5) is 4.39 Å². The first-order valence-electron chi connectivity index (χ1n) is 9.53. The van der Waals surface area contributed by atoms with Gasteiger partial charge in [-0.15, -0.1) is 0 Å². The Morgan fingerprint density at radius 2 is 1.90 bits per heavy atom. The van der Waals surface area contributed by atoms with Crippen molar-refractivity contribution in [3.63, 3.8) is 0 Å². The molecule has 2 aromatic rings. The zero-order valence-electron chi connectivity index (χ0n) is 16.4. The number of likely N-dealkylation sites (tertiary alicyclic amines) is 1. The van der Waals surface area contributed by atoms with Gasteiger partial charge in [0.05, 0.1) is 37.2 Å². The van der Waals surface area contributed by atoms with Crippen molar-refractivity contribution >= 4 is 10.0 Å². The van der Waals surface area contributed by atoms with Gasteiger partial charge in [-0.3, -0.25) is 9.58 Å². The molecule has 29 heavy (non-hydrogen) atoms. The Hall–Kier alpha value is -1.85. The van der Waals surface area contributed by atoms with Crippen LogP contribution < -0.4 is 4.72 Å². The SMILES string of the molecule is Cc1cc(S(=O)(=O)NC2CO[C@H]3CN(Cc4cccc(F)c4)C[C@@H]3OC2)n(C)n1. The number of nitrogens with one attached hydrogen (secondary N) is 1. The van der Waals surface area contributed by atoms with E-state index in [1.165, 1.54) is 22.9 Å². The molecule has 1 N–H and O–H groups in total. The lowest BCUT2D eigenvalue weighted by molar-refractivity contribution is -0.00461. The van der Waals surface area contributed by atoms with Gasteiger partial charge in [0, 0.05) is 26.7 Å². The van der Waals surface area contributed by atoms with Gasteiger partial charge in [-0.25, -0.2) is 17.5 Å². The van der Waals surface area contributed by atoms with Crippen LogP contribution in [0.3, 0.4) is 0 Å². The molecule has 2 saturated heterocycles. The first-order valence-corrected chi connectivity index (χ1v) is 11.0. The molecule has 2 aliphatic heterocycles. The van der Waals surface area contributed by atoms with Gasteiger partial charge in [0.2, 0.25) is 0 Å². The maximum atomic E-state index is 13.4. The van der Waals surface area contributed by atoms with Crippen LogP contribution in [-0.2, 0) is 33.1 Å². The molecule has 0 saturated carbocycles. The fraction of sp³-hybridized carbons (Fsp3) is 0.526. The summed E-state index contributed by atoms with van der Waals surface area (Å²) in [5.74, 6) is -0.248. The fourth-order valence-corrected chi connectivity index (χ4v) is 5.29. The Balaban J connectivity index is 1.34. The molecular formula is C19H25FN4O4S. The Morgan fingerprint density at radius 1 is 1.21 bits per heavy atom. The molecule has 0 bridgehead atoms. The minimum absolute atomic E-state index is 0.112. The molecule has 8 nitrogen and oxygen atoms in total. The fourth-order valence-electron chi connectivity index (χ4n) is 3.88. The standard InChI is InChI=1S/C19H25FN4O4S/c1-13-6-19(23(2)21-13)29(25,26)22-16-11-27-17-9-24(10-18(17)28-12-16)8-14-4-3-5-15(20)7-14/h3-7,16-18,22H,8-12H2,1-2H3/t17-,18-/m0/s1. The number of ether oxygens (including phenoxy) is 2. The average Bonchev–Trinajstić information content (AvgIpc) is 3.14. The van der Waals surface area contributed by atoms with Crippen molar-refractivity contribution in [3.8, 4) is 0 Å². The Labute approximate surface area is 169 Å². The number of sulfonamides is 1. The summed E-state index contributed by atoms with van der Waals surface area (Å²) >= 11 is 0. The van der Waals surface area contributed by atoms with E-state index in [9.17, 15) is 12.8 Å². The molecule has 2 atom stereocenters. The minimum Gasteiger partial charge on any atom is -0.372 e. The van der Waals surface area contributed by atoms with Crippen LogP contribution in [0.5, 0.6) is 0 Å². The van der Waals surface area contributed by atoms with Crippen molar-refractivity contribution in [2.45, 2.75) is 36.7 Å². The summed E-state index contributed by atoms with van der Waals surface area (Å²) in [5.41, 5.74) is 1.53. The number of benzene rings is 1. The first-order chi connectivity index (χ1) is 13.8. The summed E-state index contributed by atoms with van der Waals surface area (Å²) < 4.78 is 54.6. The van der Waals surface area contributed by atoms with Crippen LogP contribution in [-0.4, -0.2) is 67.7 Å². The number of halogens is 1. The van der Waals surface area contributed by atoms with E-state index >= 15 is 0 Å². The topological polar surface area (TPSA) is 85.7 Å². The van der Waals surface area contributed by atoms with Crippen molar-refractivity contribution in [1.29, 1.82) is 0 Å². The van der Waals surface area contributed by atoms with Crippen molar-refractivity contribution in [2.75, 3.05) is 26.3 Å². The molecule has 4 rings (SSSR count). The van der Waals surface area contributed by atoms with Crippen LogP contribution in [0.25, 0.3) is 0 Å². The second-order valence-electron chi connectivity index (χ2n) is 7.63. The summed E-state index contributed by atoms with van der Waals surface area (Å²) in [6.07, 6.45) is -0.283. The normalized spacial score (nSPS) is 23.8. The van der Waals surface area contributed by atoms with Crippen LogP contribution in [0, 0.1) is 12.7 Å².